The van der Waals surface area contributed by atoms with Gasteiger partial charge >= 0.3 is 8.80 Å². The molecule has 0 fully saturated rings. The van der Waals surface area contributed by atoms with Crippen LogP contribution < -0.4 is 10.6 Å². The average Bonchev–Trinajstić information content (AvgIpc) is 2.34. The van der Waals surface area contributed by atoms with Crippen LogP contribution in [-0.2, 0) is 13.3 Å². The number of hydrogen-bond acceptors (Lipinski definition) is 5. The summed E-state index contributed by atoms with van der Waals surface area (Å²) >= 11 is 0. The summed E-state index contributed by atoms with van der Waals surface area (Å²) in [6, 6.07) is 0.832. The van der Waals surface area contributed by atoms with Gasteiger partial charge in [-0.1, -0.05) is 6.58 Å². The first-order chi connectivity index (χ1) is 7.74. The molecule has 0 bridgehead atoms. The van der Waals surface area contributed by atoms with Gasteiger partial charge in [0, 0.05) is 40.5 Å². The maximum atomic E-state index is 5.32. The van der Waals surface area contributed by atoms with Crippen LogP contribution in [0.15, 0.2) is 12.8 Å². The summed E-state index contributed by atoms with van der Waals surface area (Å²) in [6.07, 6.45) is 2.68. The summed E-state index contributed by atoms with van der Waals surface area (Å²) in [5.41, 5.74) is 0. The maximum Gasteiger partial charge on any atom is 0.500 e. The molecule has 6 heteroatoms. The number of hydrogen-bond donors (Lipinski definition) is 2. The highest BCUT2D eigenvalue weighted by atomic mass is 28.4. The van der Waals surface area contributed by atoms with Crippen LogP contribution in [0.1, 0.15) is 6.42 Å². The van der Waals surface area contributed by atoms with Gasteiger partial charge in [0.2, 0.25) is 0 Å². The van der Waals surface area contributed by atoms with Gasteiger partial charge in [0.1, 0.15) is 0 Å². The minimum atomic E-state index is -2.36. The Labute approximate surface area is 99.5 Å². The van der Waals surface area contributed by atoms with E-state index in [2.05, 4.69) is 17.2 Å². The second-order valence-corrected chi connectivity index (χ2v) is 6.40. The third-order valence-electron chi connectivity index (χ3n) is 2.36. The highest BCUT2D eigenvalue weighted by Crippen LogP contribution is 2.14. The number of rotatable bonds is 11. The van der Waals surface area contributed by atoms with E-state index in [9.17, 15) is 0 Å². The smallest absolute Gasteiger partial charge is 0.390 e. The van der Waals surface area contributed by atoms with Crippen molar-refractivity contribution in [1.82, 2.24) is 10.6 Å². The summed E-state index contributed by atoms with van der Waals surface area (Å²) < 4.78 is 16.0. The molecule has 0 aromatic carbocycles. The van der Waals surface area contributed by atoms with Gasteiger partial charge in [0.25, 0.3) is 0 Å². The molecule has 0 aromatic rings. The Morgan fingerprint density at radius 1 is 1.06 bits per heavy atom. The van der Waals surface area contributed by atoms with Crippen LogP contribution in [0.2, 0.25) is 6.04 Å². The summed E-state index contributed by atoms with van der Waals surface area (Å²) in [5.74, 6) is 0. The third-order valence-corrected chi connectivity index (χ3v) is 5.19. The molecule has 0 aliphatic carbocycles. The molecule has 5 nitrogen and oxygen atoms in total. The Bertz CT molecular complexity index is 169. The fourth-order valence-corrected chi connectivity index (χ4v) is 3.10. The van der Waals surface area contributed by atoms with Crippen molar-refractivity contribution in [3.05, 3.63) is 12.8 Å². The lowest BCUT2D eigenvalue weighted by molar-refractivity contribution is 0.123. The van der Waals surface area contributed by atoms with E-state index in [1.165, 1.54) is 0 Å². The van der Waals surface area contributed by atoms with Crippen molar-refractivity contribution in [3.63, 3.8) is 0 Å². The zero-order valence-electron chi connectivity index (χ0n) is 10.5. The minimum Gasteiger partial charge on any atom is -0.390 e. The molecular weight excluding hydrogens is 224 g/mol. The fraction of sp³-hybridized carbons (Fsp3) is 0.800. The van der Waals surface area contributed by atoms with Gasteiger partial charge in [-0.05, 0) is 19.2 Å². The average molecular weight is 248 g/mol. The molecule has 0 saturated carbocycles. The quantitative estimate of drug-likeness (QED) is 0.414. The van der Waals surface area contributed by atoms with Gasteiger partial charge in [-0.25, -0.2) is 0 Å². The molecule has 0 atom stereocenters. The third kappa shape index (κ3) is 6.24. The van der Waals surface area contributed by atoms with E-state index in [0.717, 1.165) is 32.1 Å². The minimum absolute atomic E-state index is 0.832. The van der Waals surface area contributed by atoms with E-state index in [1.54, 1.807) is 27.5 Å². The maximum absolute atomic E-state index is 5.32. The van der Waals surface area contributed by atoms with E-state index in [4.69, 9.17) is 13.3 Å². The Hall–Kier alpha value is -0.403. The summed E-state index contributed by atoms with van der Waals surface area (Å²) in [5, 5.41) is 6.34. The summed E-state index contributed by atoms with van der Waals surface area (Å²) in [7, 11) is 2.55. The van der Waals surface area contributed by atoms with E-state index in [0.29, 0.717) is 0 Å². The molecule has 96 valence electrons. The Kier molecular flexibility index (Phi) is 9.55. The van der Waals surface area contributed by atoms with Crippen LogP contribution >= 0.6 is 0 Å². The molecule has 0 amide bonds. The van der Waals surface area contributed by atoms with Crippen molar-refractivity contribution >= 4 is 8.80 Å². The van der Waals surface area contributed by atoms with Crippen molar-refractivity contribution in [2.45, 2.75) is 12.5 Å². The van der Waals surface area contributed by atoms with Crippen LogP contribution in [0.25, 0.3) is 0 Å². The van der Waals surface area contributed by atoms with Gasteiger partial charge in [0.15, 0.2) is 0 Å². The first-order valence-corrected chi connectivity index (χ1v) is 7.38. The lowest BCUT2D eigenvalue weighted by Gasteiger charge is -2.24. The largest absolute Gasteiger partial charge is 0.500 e. The first-order valence-electron chi connectivity index (χ1n) is 5.45. The molecule has 0 aliphatic rings. The van der Waals surface area contributed by atoms with E-state index in [-0.39, 0.29) is 0 Å². The molecule has 0 aliphatic heterocycles. The molecule has 16 heavy (non-hydrogen) atoms. The van der Waals surface area contributed by atoms with E-state index >= 15 is 0 Å². The van der Waals surface area contributed by atoms with Crippen LogP contribution in [0.3, 0.4) is 0 Å². The topological polar surface area (TPSA) is 51.8 Å². The van der Waals surface area contributed by atoms with Crippen molar-refractivity contribution in [1.29, 1.82) is 0 Å². The molecule has 0 radical (unpaired) electrons. The molecule has 0 heterocycles. The zero-order chi connectivity index (χ0) is 12.3. The van der Waals surface area contributed by atoms with Gasteiger partial charge in [-0.3, -0.25) is 0 Å². The number of nitrogens with one attached hydrogen (secondary N) is 2. The van der Waals surface area contributed by atoms with Gasteiger partial charge in [-0.15, -0.1) is 0 Å². The van der Waals surface area contributed by atoms with Crippen LogP contribution in [-0.4, -0.2) is 49.8 Å². The molecule has 0 saturated heterocycles. The predicted octanol–water partition coefficient (Wildman–Crippen LogP) is 0.577. The van der Waals surface area contributed by atoms with Crippen LogP contribution in [0, 0.1) is 0 Å². The summed E-state index contributed by atoms with van der Waals surface area (Å²) in [6.45, 7) is 6.33. The van der Waals surface area contributed by atoms with Gasteiger partial charge in [-0.2, -0.15) is 0 Å². The highest BCUT2D eigenvalue weighted by Gasteiger charge is 2.36. The first kappa shape index (κ1) is 15.6. The SMILES string of the molecule is C=CNCCNCCC[Si](OC)(OC)OC. The second kappa shape index (κ2) is 9.80. The standard InChI is InChI=1S/C10H24N2O3Si/c1-5-11-8-9-12-7-6-10-16(13-2,14-3)15-4/h5,11-12H,1,6-10H2,2-4H3. The van der Waals surface area contributed by atoms with Crippen LogP contribution in [0.5, 0.6) is 0 Å². The van der Waals surface area contributed by atoms with Gasteiger partial charge in [0.05, 0.1) is 0 Å². The fourth-order valence-electron chi connectivity index (χ4n) is 1.37. The lowest BCUT2D eigenvalue weighted by Crippen LogP contribution is -2.43. The highest BCUT2D eigenvalue weighted by molar-refractivity contribution is 6.60. The Morgan fingerprint density at radius 3 is 2.19 bits per heavy atom. The molecule has 0 unspecified atom stereocenters. The Balaban J connectivity index is 3.51. The van der Waals surface area contributed by atoms with E-state index in [1.807, 2.05) is 0 Å². The monoisotopic (exact) mass is 248 g/mol. The van der Waals surface area contributed by atoms with E-state index < -0.39 is 8.80 Å². The predicted molar refractivity (Wildman–Crippen MR) is 67.3 cm³/mol. The molecule has 0 rings (SSSR count). The van der Waals surface area contributed by atoms with Gasteiger partial charge < -0.3 is 23.9 Å². The molecule has 0 spiro atoms. The van der Waals surface area contributed by atoms with Crippen molar-refractivity contribution in [2.24, 2.45) is 0 Å². The van der Waals surface area contributed by atoms with Crippen molar-refractivity contribution in [2.75, 3.05) is 41.0 Å². The van der Waals surface area contributed by atoms with Crippen molar-refractivity contribution < 1.29 is 13.3 Å². The van der Waals surface area contributed by atoms with Crippen molar-refractivity contribution in [3.8, 4) is 0 Å². The molecule has 0 aromatic heterocycles. The molecule has 2 N–H and O–H groups in total. The lowest BCUT2D eigenvalue weighted by atomic mass is 10.4. The summed E-state index contributed by atoms with van der Waals surface area (Å²) in [4.78, 5) is 0. The Morgan fingerprint density at radius 2 is 1.69 bits per heavy atom. The van der Waals surface area contributed by atoms with Crippen LogP contribution in [0.4, 0.5) is 0 Å². The molecular formula is C10H24N2O3Si. The normalized spacial score (nSPS) is 11.4. The zero-order valence-corrected chi connectivity index (χ0v) is 11.5. The second-order valence-electron chi connectivity index (χ2n) is 3.31.